The van der Waals surface area contributed by atoms with Gasteiger partial charge in [-0.25, -0.2) is 9.97 Å². The SMILES string of the molecule is COc1ccccc1CCNC(=O)c1cnc(Nc2ccc(Cl)cc2C)nc1. The predicted octanol–water partition coefficient (Wildman–Crippen LogP) is 4.16. The molecule has 6 nitrogen and oxygen atoms in total. The van der Waals surface area contributed by atoms with Crippen molar-refractivity contribution >= 4 is 29.1 Å². The van der Waals surface area contributed by atoms with Crippen LogP contribution in [-0.2, 0) is 6.42 Å². The van der Waals surface area contributed by atoms with Crippen molar-refractivity contribution in [3.8, 4) is 5.75 Å². The first-order valence-corrected chi connectivity index (χ1v) is 9.20. The van der Waals surface area contributed by atoms with E-state index >= 15 is 0 Å². The highest BCUT2D eigenvalue weighted by molar-refractivity contribution is 6.30. The zero-order valence-electron chi connectivity index (χ0n) is 15.7. The Labute approximate surface area is 168 Å². The molecule has 7 heteroatoms. The first-order chi connectivity index (χ1) is 13.6. The lowest BCUT2D eigenvalue weighted by Gasteiger charge is -2.10. The average molecular weight is 397 g/mol. The van der Waals surface area contributed by atoms with Gasteiger partial charge >= 0.3 is 0 Å². The normalized spacial score (nSPS) is 10.4. The molecule has 0 aliphatic heterocycles. The number of carbonyl (C=O) groups excluding carboxylic acids is 1. The monoisotopic (exact) mass is 396 g/mol. The number of para-hydroxylation sites is 1. The molecule has 3 aromatic rings. The van der Waals surface area contributed by atoms with E-state index in [0.717, 1.165) is 22.6 Å². The maximum Gasteiger partial charge on any atom is 0.254 e. The summed E-state index contributed by atoms with van der Waals surface area (Å²) >= 11 is 5.96. The number of methoxy groups -OCH3 is 1. The van der Waals surface area contributed by atoms with Crippen LogP contribution in [0.3, 0.4) is 0 Å². The van der Waals surface area contributed by atoms with Crippen LogP contribution in [0.15, 0.2) is 54.9 Å². The molecule has 2 aromatic carbocycles. The van der Waals surface area contributed by atoms with E-state index in [4.69, 9.17) is 16.3 Å². The Kier molecular flexibility index (Phi) is 6.45. The summed E-state index contributed by atoms with van der Waals surface area (Å²) in [6, 6.07) is 13.3. The fourth-order valence-electron chi connectivity index (χ4n) is 2.72. The number of nitrogens with zero attached hydrogens (tertiary/aromatic N) is 2. The standard InChI is InChI=1S/C21H21ClN4O2/c1-14-11-17(22)7-8-18(14)26-21-24-12-16(13-25-21)20(27)23-10-9-15-5-3-4-6-19(15)28-2/h3-8,11-13H,9-10H2,1-2H3,(H,23,27)(H,24,25,26). The predicted molar refractivity (Wildman–Crippen MR) is 111 cm³/mol. The minimum atomic E-state index is -0.218. The van der Waals surface area contributed by atoms with Crippen LogP contribution in [0.25, 0.3) is 0 Å². The quantitative estimate of drug-likeness (QED) is 0.627. The summed E-state index contributed by atoms with van der Waals surface area (Å²) in [4.78, 5) is 20.7. The fraction of sp³-hybridized carbons (Fsp3) is 0.190. The molecule has 0 radical (unpaired) electrons. The second-order valence-electron chi connectivity index (χ2n) is 6.20. The summed E-state index contributed by atoms with van der Waals surface area (Å²) in [5.41, 5.74) is 3.28. The van der Waals surface area contributed by atoms with Crippen molar-refractivity contribution in [1.82, 2.24) is 15.3 Å². The van der Waals surface area contributed by atoms with Gasteiger partial charge in [0.15, 0.2) is 0 Å². The molecule has 0 saturated carbocycles. The van der Waals surface area contributed by atoms with Crippen LogP contribution in [0, 0.1) is 6.92 Å². The second kappa shape index (κ2) is 9.19. The molecule has 0 unspecified atom stereocenters. The van der Waals surface area contributed by atoms with Crippen molar-refractivity contribution in [2.45, 2.75) is 13.3 Å². The minimum Gasteiger partial charge on any atom is -0.496 e. The van der Waals surface area contributed by atoms with E-state index in [1.165, 1.54) is 12.4 Å². The molecule has 0 saturated heterocycles. The Morgan fingerprint density at radius 1 is 1.14 bits per heavy atom. The maximum absolute atomic E-state index is 12.3. The highest BCUT2D eigenvalue weighted by Gasteiger charge is 2.09. The maximum atomic E-state index is 12.3. The van der Waals surface area contributed by atoms with Crippen molar-refractivity contribution in [1.29, 1.82) is 0 Å². The third-order valence-electron chi connectivity index (χ3n) is 4.22. The highest BCUT2D eigenvalue weighted by atomic mass is 35.5. The molecule has 0 atom stereocenters. The number of hydrogen-bond acceptors (Lipinski definition) is 5. The summed E-state index contributed by atoms with van der Waals surface area (Å²) in [6.07, 6.45) is 3.67. The number of nitrogens with one attached hydrogen (secondary N) is 2. The lowest BCUT2D eigenvalue weighted by atomic mass is 10.1. The number of anilines is 2. The molecule has 3 rings (SSSR count). The highest BCUT2D eigenvalue weighted by Crippen LogP contribution is 2.22. The smallest absolute Gasteiger partial charge is 0.254 e. The van der Waals surface area contributed by atoms with E-state index in [0.29, 0.717) is 29.5 Å². The zero-order valence-corrected chi connectivity index (χ0v) is 16.5. The summed E-state index contributed by atoms with van der Waals surface area (Å²) in [5, 5.41) is 6.66. The van der Waals surface area contributed by atoms with Crippen LogP contribution >= 0.6 is 11.6 Å². The number of ether oxygens (including phenoxy) is 1. The van der Waals surface area contributed by atoms with Gasteiger partial charge in [-0.1, -0.05) is 29.8 Å². The van der Waals surface area contributed by atoms with Gasteiger partial charge in [-0.3, -0.25) is 4.79 Å². The van der Waals surface area contributed by atoms with E-state index in [1.807, 2.05) is 43.3 Å². The van der Waals surface area contributed by atoms with E-state index in [-0.39, 0.29) is 5.91 Å². The van der Waals surface area contributed by atoms with Gasteiger partial charge in [0, 0.05) is 29.6 Å². The number of benzene rings is 2. The molecule has 1 heterocycles. The molecule has 1 amide bonds. The Balaban J connectivity index is 1.56. The number of aryl methyl sites for hydroxylation is 1. The number of aromatic nitrogens is 2. The summed E-state index contributed by atoms with van der Waals surface area (Å²) in [7, 11) is 1.63. The second-order valence-corrected chi connectivity index (χ2v) is 6.63. The van der Waals surface area contributed by atoms with Gasteiger partial charge in [0.25, 0.3) is 5.91 Å². The minimum absolute atomic E-state index is 0.218. The molecule has 0 aliphatic carbocycles. The zero-order chi connectivity index (χ0) is 19.9. The first kappa shape index (κ1) is 19.6. The molecule has 2 N–H and O–H groups in total. The van der Waals surface area contributed by atoms with Gasteiger partial charge in [0.1, 0.15) is 5.75 Å². The van der Waals surface area contributed by atoms with Crippen molar-refractivity contribution in [2.24, 2.45) is 0 Å². The molecule has 28 heavy (non-hydrogen) atoms. The molecule has 0 bridgehead atoms. The topological polar surface area (TPSA) is 76.1 Å². The van der Waals surface area contributed by atoms with Crippen molar-refractivity contribution in [3.63, 3.8) is 0 Å². The summed E-state index contributed by atoms with van der Waals surface area (Å²) in [6.45, 7) is 2.43. The molecular weight excluding hydrogens is 376 g/mol. The Bertz CT molecular complexity index is 961. The number of rotatable bonds is 7. The third kappa shape index (κ3) is 4.98. The van der Waals surface area contributed by atoms with E-state index < -0.39 is 0 Å². The van der Waals surface area contributed by atoms with Crippen LogP contribution in [0.4, 0.5) is 11.6 Å². The largest absolute Gasteiger partial charge is 0.496 e. The Hall–Kier alpha value is -3.12. The molecular formula is C21H21ClN4O2. The van der Waals surface area contributed by atoms with Crippen LogP contribution < -0.4 is 15.4 Å². The van der Waals surface area contributed by atoms with Crippen molar-refractivity contribution in [3.05, 3.63) is 76.6 Å². The molecule has 144 valence electrons. The number of halogens is 1. The van der Waals surface area contributed by atoms with Gasteiger partial charge in [-0.05, 0) is 48.7 Å². The molecule has 0 fully saturated rings. The Morgan fingerprint density at radius 3 is 2.61 bits per heavy atom. The van der Waals surface area contributed by atoms with E-state index in [9.17, 15) is 4.79 Å². The first-order valence-electron chi connectivity index (χ1n) is 8.82. The summed E-state index contributed by atoms with van der Waals surface area (Å²) in [5.74, 6) is 1.01. The third-order valence-corrected chi connectivity index (χ3v) is 4.46. The lowest BCUT2D eigenvalue weighted by Crippen LogP contribution is -2.26. The average Bonchev–Trinajstić information content (AvgIpc) is 2.71. The van der Waals surface area contributed by atoms with Gasteiger partial charge in [-0.2, -0.15) is 0 Å². The van der Waals surface area contributed by atoms with Gasteiger partial charge in [0.05, 0.1) is 12.7 Å². The van der Waals surface area contributed by atoms with Crippen LogP contribution in [-0.4, -0.2) is 29.5 Å². The number of amides is 1. The number of hydrogen-bond donors (Lipinski definition) is 2. The van der Waals surface area contributed by atoms with Gasteiger partial charge < -0.3 is 15.4 Å². The number of carbonyl (C=O) groups is 1. The van der Waals surface area contributed by atoms with Crippen LogP contribution in [0.1, 0.15) is 21.5 Å². The molecule has 0 spiro atoms. The van der Waals surface area contributed by atoms with Crippen molar-refractivity contribution < 1.29 is 9.53 Å². The van der Waals surface area contributed by atoms with Crippen LogP contribution in [0.2, 0.25) is 5.02 Å². The van der Waals surface area contributed by atoms with Crippen molar-refractivity contribution in [2.75, 3.05) is 19.0 Å². The Morgan fingerprint density at radius 2 is 1.89 bits per heavy atom. The van der Waals surface area contributed by atoms with E-state index in [2.05, 4.69) is 20.6 Å². The summed E-state index contributed by atoms with van der Waals surface area (Å²) < 4.78 is 5.32. The van der Waals surface area contributed by atoms with Gasteiger partial charge in [-0.15, -0.1) is 0 Å². The molecule has 1 aromatic heterocycles. The molecule has 0 aliphatic rings. The van der Waals surface area contributed by atoms with Crippen LogP contribution in [0.5, 0.6) is 5.75 Å². The lowest BCUT2D eigenvalue weighted by molar-refractivity contribution is 0.0953. The fourth-order valence-corrected chi connectivity index (χ4v) is 2.95. The van der Waals surface area contributed by atoms with E-state index in [1.54, 1.807) is 13.2 Å². The van der Waals surface area contributed by atoms with Gasteiger partial charge in [0.2, 0.25) is 5.95 Å².